The number of hydrogen-bond acceptors (Lipinski definition) is 3. The highest BCUT2D eigenvalue weighted by molar-refractivity contribution is 7.14. The Morgan fingerprint density at radius 2 is 2.15 bits per heavy atom. The van der Waals surface area contributed by atoms with Gasteiger partial charge in [0.25, 0.3) is 5.91 Å². The van der Waals surface area contributed by atoms with Crippen LogP contribution in [0.2, 0.25) is 0 Å². The van der Waals surface area contributed by atoms with Gasteiger partial charge in [-0.3, -0.25) is 4.79 Å². The van der Waals surface area contributed by atoms with Crippen molar-refractivity contribution in [2.75, 3.05) is 0 Å². The molecule has 2 N–H and O–H groups in total. The maximum absolute atomic E-state index is 12.1. The quantitative estimate of drug-likeness (QED) is 0.776. The number of rotatable bonds is 3. The summed E-state index contributed by atoms with van der Waals surface area (Å²) in [7, 11) is 0. The number of aromatic nitrogens is 2. The van der Waals surface area contributed by atoms with E-state index in [1.54, 1.807) is 0 Å². The van der Waals surface area contributed by atoms with Gasteiger partial charge in [-0.1, -0.05) is 12.1 Å². The molecule has 2 heterocycles. The van der Waals surface area contributed by atoms with Crippen molar-refractivity contribution in [3.8, 4) is 0 Å². The number of para-hydroxylation sites is 2. The number of aromatic amines is 1. The third-order valence-electron chi connectivity index (χ3n) is 3.24. The molecule has 0 aliphatic carbocycles. The van der Waals surface area contributed by atoms with Gasteiger partial charge in [0.05, 0.1) is 22.5 Å². The Morgan fingerprint density at radius 1 is 1.35 bits per heavy atom. The van der Waals surface area contributed by atoms with E-state index in [4.69, 9.17) is 0 Å². The van der Waals surface area contributed by atoms with E-state index < -0.39 is 0 Å². The molecule has 0 radical (unpaired) electrons. The van der Waals surface area contributed by atoms with Gasteiger partial charge in [0.15, 0.2) is 0 Å². The van der Waals surface area contributed by atoms with Crippen molar-refractivity contribution in [1.82, 2.24) is 15.3 Å². The molecule has 4 nitrogen and oxygen atoms in total. The van der Waals surface area contributed by atoms with E-state index in [0.29, 0.717) is 6.54 Å². The van der Waals surface area contributed by atoms with Crippen LogP contribution in [0.4, 0.5) is 0 Å². The van der Waals surface area contributed by atoms with E-state index >= 15 is 0 Å². The topological polar surface area (TPSA) is 57.8 Å². The number of imidazole rings is 1. The summed E-state index contributed by atoms with van der Waals surface area (Å²) in [6, 6.07) is 9.75. The molecule has 5 heteroatoms. The zero-order chi connectivity index (χ0) is 14.1. The Bertz CT molecular complexity index is 720. The second kappa shape index (κ2) is 5.09. The summed E-state index contributed by atoms with van der Waals surface area (Å²) < 4.78 is 0. The molecule has 3 aromatic rings. The van der Waals surface area contributed by atoms with Crippen molar-refractivity contribution >= 4 is 28.3 Å². The van der Waals surface area contributed by atoms with E-state index in [-0.39, 0.29) is 5.91 Å². The van der Waals surface area contributed by atoms with Crippen LogP contribution in [0, 0.1) is 13.8 Å². The zero-order valence-corrected chi connectivity index (χ0v) is 12.2. The average Bonchev–Trinajstić information content (AvgIpc) is 3.00. The van der Waals surface area contributed by atoms with Crippen molar-refractivity contribution < 1.29 is 4.79 Å². The molecular weight excluding hydrogens is 270 g/mol. The molecule has 0 saturated heterocycles. The second-order valence-electron chi connectivity index (χ2n) is 4.73. The first kappa shape index (κ1) is 12.9. The molecule has 0 aliphatic heterocycles. The fourth-order valence-corrected chi connectivity index (χ4v) is 2.98. The van der Waals surface area contributed by atoms with Gasteiger partial charge in [0.1, 0.15) is 5.82 Å². The van der Waals surface area contributed by atoms with Gasteiger partial charge >= 0.3 is 0 Å². The van der Waals surface area contributed by atoms with E-state index in [1.807, 2.05) is 44.2 Å². The summed E-state index contributed by atoms with van der Waals surface area (Å²) in [5.74, 6) is 0.719. The van der Waals surface area contributed by atoms with E-state index in [2.05, 4.69) is 15.3 Å². The smallest absolute Gasteiger partial charge is 0.261 e. The van der Waals surface area contributed by atoms with Crippen molar-refractivity contribution in [2.45, 2.75) is 20.4 Å². The number of aryl methyl sites for hydroxylation is 2. The number of nitrogens with one attached hydrogen (secondary N) is 2. The molecule has 0 aliphatic rings. The first-order valence-corrected chi connectivity index (χ1v) is 7.24. The molecule has 102 valence electrons. The molecule has 1 amide bonds. The minimum absolute atomic E-state index is 0.0494. The van der Waals surface area contributed by atoms with Crippen molar-refractivity contribution in [2.24, 2.45) is 0 Å². The maximum atomic E-state index is 12.1. The van der Waals surface area contributed by atoms with E-state index in [1.165, 1.54) is 16.2 Å². The normalized spacial score (nSPS) is 10.9. The van der Waals surface area contributed by atoms with Crippen molar-refractivity contribution in [3.05, 3.63) is 51.5 Å². The number of carbonyl (C=O) groups excluding carboxylic acids is 1. The predicted molar refractivity (Wildman–Crippen MR) is 81.1 cm³/mol. The summed E-state index contributed by atoms with van der Waals surface area (Å²) in [5, 5.41) is 2.89. The highest BCUT2D eigenvalue weighted by Crippen LogP contribution is 2.20. The molecule has 0 atom stereocenters. The number of H-pyrrole nitrogens is 1. The Hall–Kier alpha value is -2.14. The number of fused-ring (bicyclic) bond motifs is 1. The molecule has 1 aromatic carbocycles. The average molecular weight is 285 g/mol. The first-order valence-electron chi connectivity index (χ1n) is 6.42. The van der Waals surface area contributed by atoms with Crippen LogP contribution in [0.15, 0.2) is 30.3 Å². The van der Waals surface area contributed by atoms with Crippen LogP contribution in [0.3, 0.4) is 0 Å². The van der Waals surface area contributed by atoms with Gasteiger partial charge in [-0.25, -0.2) is 4.98 Å². The van der Waals surface area contributed by atoms with Crippen molar-refractivity contribution in [3.63, 3.8) is 0 Å². The molecule has 2 aromatic heterocycles. The van der Waals surface area contributed by atoms with Gasteiger partial charge in [-0.2, -0.15) is 0 Å². The number of amides is 1. The van der Waals surface area contributed by atoms with Gasteiger partial charge in [0.2, 0.25) is 0 Å². The lowest BCUT2D eigenvalue weighted by Crippen LogP contribution is -2.22. The number of nitrogens with zero attached hydrogens (tertiary/aromatic N) is 1. The van der Waals surface area contributed by atoms with Crippen molar-refractivity contribution in [1.29, 1.82) is 0 Å². The summed E-state index contributed by atoms with van der Waals surface area (Å²) in [4.78, 5) is 21.6. The highest BCUT2D eigenvalue weighted by atomic mass is 32.1. The standard InChI is InChI=1S/C15H15N3OS/c1-9-7-13(20-10(9)2)15(19)16-8-14-17-11-5-3-4-6-12(11)18-14/h3-7H,8H2,1-2H3,(H,16,19)(H,17,18). The number of thiophene rings is 1. The van der Waals surface area contributed by atoms with Gasteiger partial charge in [-0.15, -0.1) is 11.3 Å². The lowest BCUT2D eigenvalue weighted by Gasteiger charge is -2.00. The number of benzene rings is 1. The number of carbonyl (C=O) groups is 1. The molecule has 0 unspecified atom stereocenters. The summed E-state index contributed by atoms with van der Waals surface area (Å²) >= 11 is 1.52. The third-order valence-corrected chi connectivity index (χ3v) is 4.40. The van der Waals surface area contributed by atoms with Crippen LogP contribution in [0.1, 0.15) is 25.9 Å². The van der Waals surface area contributed by atoms with E-state index in [0.717, 1.165) is 27.3 Å². The summed E-state index contributed by atoms with van der Waals surface area (Å²) in [6.45, 7) is 4.45. The SMILES string of the molecule is Cc1cc(C(=O)NCc2nc3ccccc3[nH]2)sc1C. The lowest BCUT2D eigenvalue weighted by atomic mass is 10.3. The molecule has 0 spiro atoms. The summed E-state index contributed by atoms with van der Waals surface area (Å²) in [6.07, 6.45) is 0. The zero-order valence-electron chi connectivity index (χ0n) is 11.4. The van der Waals surface area contributed by atoms with Crippen LogP contribution < -0.4 is 5.32 Å². The van der Waals surface area contributed by atoms with Crippen LogP contribution in [-0.4, -0.2) is 15.9 Å². The lowest BCUT2D eigenvalue weighted by molar-refractivity contribution is 0.0954. The molecule has 0 bridgehead atoms. The highest BCUT2D eigenvalue weighted by Gasteiger charge is 2.11. The molecule has 0 saturated carbocycles. The largest absolute Gasteiger partial charge is 0.344 e. The molecule has 20 heavy (non-hydrogen) atoms. The Labute approximate surface area is 120 Å². The fourth-order valence-electron chi connectivity index (χ4n) is 2.03. The Kier molecular flexibility index (Phi) is 3.28. The Balaban J connectivity index is 1.71. The van der Waals surface area contributed by atoms with Crippen LogP contribution >= 0.6 is 11.3 Å². The maximum Gasteiger partial charge on any atom is 0.261 e. The Morgan fingerprint density at radius 3 is 2.85 bits per heavy atom. The van der Waals surface area contributed by atoms with Crippen LogP contribution in [0.5, 0.6) is 0 Å². The monoisotopic (exact) mass is 285 g/mol. The first-order chi connectivity index (χ1) is 9.63. The minimum atomic E-state index is -0.0494. The third kappa shape index (κ3) is 2.44. The molecule has 0 fully saturated rings. The van der Waals surface area contributed by atoms with Gasteiger partial charge in [0, 0.05) is 4.88 Å². The van der Waals surface area contributed by atoms with Gasteiger partial charge in [-0.05, 0) is 37.6 Å². The fraction of sp³-hybridized carbons (Fsp3) is 0.200. The molecule has 3 rings (SSSR count). The van der Waals surface area contributed by atoms with E-state index in [9.17, 15) is 4.79 Å². The minimum Gasteiger partial charge on any atom is -0.344 e. The number of hydrogen-bond donors (Lipinski definition) is 2. The van der Waals surface area contributed by atoms with Crippen LogP contribution in [-0.2, 0) is 6.54 Å². The van der Waals surface area contributed by atoms with Crippen LogP contribution in [0.25, 0.3) is 11.0 Å². The van der Waals surface area contributed by atoms with Gasteiger partial charge < -0.3 is 10.3 Å². The predicted octanol–water partition coefficient (Wildman–Crippen LogP) is 3.17. The molecular formula is C15H15N3OS. The second-order valence-corrected chi connectivity index (χ2v) is 5.99. The summed E-state index contributed by atoms with van der Waals surface area (Å²) in [5.41, 5.74) is 3.06.